The van der Waals surface area contributed by atoms with Crippen LogP contribution in [-0.2, 0) is 9.59 Å². The van der Waals surface area contributed by atoms with Crippen LogP contribution in [0.15, 0.2) is 0 Å². The van der Waals surface area contributed by atoms with Crippen LogP contribution in [0.2, 0.25) is 0 Å². The lowest BCUT2D eigenvalue weighted by Gasteiger charge is -2.38. The van der Waals surface area contributed by atoms with Gasteiger partial charge < -0.3 is 10.2 Å². The average molecular weight is 377 g/mol. The topological polar surface area (TPSA) is 73.0 Å². The van der Waals surface area contributed by atoms with E-state index in [-0.39, 0.29) is 17.8 Å². The van der Waals surface area contributed by atoms with Crippen molar-refractivity contribution >= 4 is 17.8 Å². The summed E-state index contributed by atoms with van der Waals surface area (Å²) in [5, 5.41) is 2.90. The van der Waals surface area contributed by atoms with Crippen molar-refractivity contribution in [2.75, 3.05) is 32.7 Å². The number of carbonyl (C=O) groups excluding carboxylic acids is 3. The molecule has 27 heavy (non-hydrogen) atoms. The molecule has 2 aliphatic heterocycles. The van der Waals surface area contributed by atoms with Gasteiger partial charge in [-0.3, -0.25) is 19.4 Å². The van der Waals surface area contributed by atoms with Gasteiger partial charge in [0.25, 0.3) is 5.91 Å². The molecule has 0 atom stereocenters. The molecule has 2 saturated carbocycles. The summed E-state index contributed by atoms with van der Waals surface area (Å²) < 4.78 is 0. The Morgan fingerprint density at radius 1 is 1.00 bits per heavy atom. The molecule has 4 aliphatic rings. The predicted molar refractivity (Wildman–Crippen MR) is 101 cm³/mol. The van der Waals surface area contributed by atoms with Crippen molar-refractivity contribution in [1.82, 2.24) is 20.0 Å². The number of imide groups is 1. The molecule has 1 spiro atoms. The second-order valence-electron chi connectivity index (χ2n) is 8.63. The highest BCUT2D eigenvalue weighted by molar-refractivity contribution is 6.07. The highest BCUT2D eigenvalue weighted by atomic mass is 16.2. The van der Waals surface area contributed by atoms with Gasteiger partial charge in [0.05, 0.1) is 0 Å². The standard InChI is InChI=1S/C20H32N4O3/c25-17(23-14-12-22(13-15-23)16-6-1-2-7-16)8-5-11-24-18(26)20(21-19(24)27)9-3-4-10-20/h16H,1-15H2,(H,21,27). The molecule has 2 aliphatic carbocycles. The van der Waals surface area contributed by atoms with Crippen molar-refractivity contribution in [3.8, 4) is 0 Å². The highest BCUT2D eigenvalue weighted by Crippen LogP contribution is 2.35. The molecule has 0 radical (unpaired) electrons. The van der Waals surface area contributed by atoms with E-state index in [1.165, 1.54) is 30.6 Å². The zero-order chi connectivity index (χ0) is 18.9. The number of piperazine rings is 1. The molecular weight excluding hydrogens is 344 g/mol. The number of carbonyl (C=O) groups is 3. The number of hydrogen-bond donors (Lipinski definition) is 1. The van der Waals surface area contributed by atoms with Crippen LogP contribution in [0, 0.1) is 0 Å². The normalized spacial score (nSPS) is 26.4. The van der Waals surface area contributed by atoms with E-state index in [1.54, 1.807) is 0 Å². The van der Waals surface area contributed by atoms with Crippen molar-refractivity contribution in [2.24, 2.45) is 0 Å². The third-order valence-electron chi connectivity index (χ3n) is 6.98. The van der Waals surface area contributed by atoms with Crippen molar-refractivity contribution in [1.29, 1.82) is 0 Å². The lowest BCUT2D eigenvalue weighted by molar-refractivity contribution is -0.134. The van der Waals surface area contributed by atoms with Crippen molar-refractivity contribution in [2.45, 2.75) is 75.8 Å². The van der Waals surface area contributed by atoms with Crippen LogP contribution in [0.5, 0.6) is 0 Å². The lowest BCUT2D eigenvalue weighted by Crippen LogP contribution is -2.51. The Labute approximate surface area is 161 Å². The summed E-state index contributed by atoms with van der Waals surface area (Å²) in [6.45, 7) is 3.92. The van der Waals surface area contributed by atoms with Gasteiger partial charge in [0.1, 0.15) is 5.54 Å². The van der Waals surface area contributed by atoms with Crippen LogP contribution in [0.3, 0.4) is 0 Å². The Kier molecular flexibility index (Phi) is 5.39. The van der Waals surface area contributed by atoms with E-state index in [2.05, 4.69) is 10.2 Å². The molecule has 150 valence electrons. The summed E-state index contributed by atoms with van der Waals surface area (Å²) in [5.41, 5.74) is -0.641. The Hall–Kier alpha value is -1.63. The molecule has 7 heteroatoms. The molecule has 7 nitrogen and oxygen atoms in total. The molecule has 0 aromatic heterocycles. The van der Waals surface area contributed by atoms with Crippen molar-refractivity contribution < 1.29 is 14.4 Å². The molecule has 2 heterocycles. The summed E-state index contributed by atoms with van der Waals surface area (Å²) in [6, 6.07) is 0.448. The number of rotatable bonds is 5. The first-order chi connectivity index (χ1) is 13.1. The monoisotopic (exact) mass is 376 g/mol. The molecular formula is C20H32N4O3. The second kappa shape index (κ2) is 7.78. The molecule has 4 rings (SSSR count). The van der Waals surface area contributed by atoms with E-state index in [1.807, 2.05) is 4.90 Å². The second-order valence-corrected chi connectivity index (χ2v) is 8.63. The maximum absolute atomic E-state index is 12.6. The number of urea groups is 1. The Bertz CT molecular complexity index is 588. The van der Waals surface area contributed by atoms with Gasteiger partial charge in [-0.2, -0.15) is 0 Å². The van der Waals surface area contributed by atoms with Crippen LogP contribution in [-0.4, -0.2) is 76.8 Å². The Balaban J connectivity index is 1.20. The summed E-state index contributed by atoms with van der Waals surface area (Å²) in [4.78, 5) is 43.1. The van der Waals surface area contributed by atoms with Crippen LogP contribution < -0.4 is 5.32 Å². The van der Waals surface area contributed by atoms with Crippen LogP contribution >= 0.6 is 0 Å². The number of hydrogen-bond acceptors (Lipinski definition) is 4. The maximum atomic E-state index is 12.6. The third kappa shape index (κ3) is 3.71. The van der Waals surface area contributed by atoms with E-state index in [0.717, 1.165) is 57.9 Å². The van der Waals surface area contributed by atoms with E-state index in [0.29, 0.717) is 19.4 Å². The smallest absolute Gasteiger partial charge is 0.325 e. The largest absolute Gasteiger partial charge is 0.340 e. The van der Waals surface area contributed by atoms with E-state index >= 15 is 0 Å². The lowest BCUT2D eigenvalue weighted by atomic mass is 9.98. The van der Waals surface area contributed by atoms with E-state index < -0.39 is 5.54 Å². The van der Waals surface area contributed by atoms with Gasteiger partial charge >= 0.3 is 6.03 Å². The van der Waals surface area contributed by atoms with Crippen molar-refractivity contribution in [3.63, 3.8) is 0 Å². The van der Waals surface area contributed by atoms with Crippen LogP contribution in [0.4, 0.5) is 4.79 Å². The van der Waals surface area contributed by atoms with Gasteiger partial charge in [0.2, 0.25) is 5.91 Å². The zero-order valence-electron chi connectivity index (χ0n) is 16.3. The zero-order valence-corrected chi connectivity index (χ0v) is 16.3. The van der Waals surface area contributed by atoms with E-state index in [9.17, 15) is 14.4 Å². The van der Waals surface area contributed by atoms with Gasteiger partial charge in [-0.05, 0) is 32.1 Å². The van der Waals surface area contributed by atoms with Gasteiger partial charge in [0.15, 0.2) is 0 Å². The van der Waals surface area contributed by atoms with Crippen LogP contribution in [0.1, 0.15) is 64.2 Å². The van der Waals surface area contributed by atoms with Gasteiger partial charge in [-0.15, -0.1) is 0 Å². The summed E-state index contributed by atoms with van der Waals surface area (Å²) >= 11 is 0. The summed E-state index contributed by atoms with van der Waals surface area (Å²) in [7, 11) is 0. The minimum Gasteiger partial charge on any atom is -0.340 e. The molecule has 0 bridgehead atoms. The fraction of sp³-hybridized carbons (Fsp3) is 0.850. The maximum Gasteiger partial charge on any atom is 0.325 e. The first-order valence-corrected chi connectivity index (χ1v) is 10.7. The number of nitrogens with zero attached hydrogens (tertiary/aromatic N) is 3. The molecule has 0 aromatic rings. The van der Waals surface area contributed by atoms with Gasteiger partial charge in [-0.25, -0.2) is 4.79 Å². The minimum atomic E-state index is -0.641. The Morgan fingerprint density at radius 2 is 1.67 bits per heavy atom. The molecule has 0 unspecified atom stereocenters. The fourth-order valence-electron chi connectivity index (χ4n) is 5.35. The van der Waals surface area contributed by atoms with Crippen molar-refractivity contribution in [3.05, 3.63) is 0 Å². The van der Waals surface area contributed by atoms with Crippen LogP contribution in [0.25, 0.3) is 0 Å². The average Bonchev–Trinajstić information content (AvgIpc) is 3.41. The SMILES string of the molecule is O=C(CCCN1C(=O)NC2(CCCC2)C1=O)N1CCN(C2CCCC2)CC1. The summed E-state index contributed by atoms with van der Waals surface area (Å²) in [6.07, 6.45) is 9.74. The van der Waals surface area contributed by atoms with Gasteiger partial charge in [-0.1, -0.05) is 25.7 Å². The summed E-state index contributed by atoms with van der Waals surface area (Å²) in [5.74, 6) is 0.0753. The number of nitrogens with one attached hydrogen (secondary N) is 1. The molecule has 4 fully saturated rings. The highest BCUT2D eigenvalue weighted by Gasteiger charge is 2.52. The first-order valence-electron chi connectivity index (χ1n) is 10.7. The minimum absolute atomic E-state index is 0.0809. The predicted octanol–water partition coefficient (Wildman–Crippen LogP) is 1.72. The van der Waals surface area contributed by atoms with E-state index in [4.69, 9.17) is 0 Å². The first kappa shape index (κ1) is 18.7. The molecule has 0 aromatic carbocycles. The van der Waals surface area contributed by atoms with Gasteiger partial charge in [0, 0.05) is 45.2 Å². The molecule has 4 amide bonds. The molecule has 2 saturated heterocycles. The number of amides is 4. The Morgan fingerprint density at radius 3 is 2.33 bits per heavy atom. The third-order valence-corrected chi connectivity index (χ3v) is 6.98. The quantitative estimate of drug-likeness (QED) is 0.742. The fourth-order valence-corrected chi connectivity index (χ4v) is 5.35. The molecule has 1 N–H and O–H groups in total.